The predicted octanol–water partition coefficient (Wildman–Crippen LogP) is 5.76. The fourth-order valence-electron chi connectivity index (χ4n) is 5.06. The highest BCUT2D eigenvalue weighted by Crippen LogP contribution is 2.33. The van der Waals surface area contributed by atoms with Gasteiger partial charge in [-0.3, -0.25) is 4.99 Å². The second kappa shape index (κ2) is 15.8. The van der Waals surface area contributed by atoms with Gasteiger partial charge in [-0.2, -0.15) is 0 Å². The van der Waals surface area contributed by atoms with Crippen molar-refractivity contribution in [2.75, 3.05) is 20.2 Å². The van der Waals surface area contributed by atoms with Gasteiger partial charge in [0.05, 0.1) is 6.61 Å². The Balaban J connectivity index is 1.92. The van der Waals surface area contributed by atoms with Gasteiger partial charge in [-0.05, 0) is 61.9 Å². The lowest BCUT2D eigenvalue weighted by Crippen LogP contribution is -2.39. The Labute approximate surface area is 242 Å². The van der Waals surface area contributed by atoms with Crippen molar-refractivity contribution < 1.29 is 18.9 Å². The normalized spacial score (nSPS) is 15.5. The van der Waals surface area contributed by atoms with Crippen LogP contribution in [0.4, 0.5) is 4.79 Å². The number of hydrogen-bond donors (Lipinski definition) is 2. The van der Waals surface area contributed by atoms with Crippen LogP contribution in [-0.4, -0.2) is 53.3 Å². The smallest absolute Gasteiger partial charge is 0.356 e. The number of urea groups is 1. The lowest BCUT2D eigenvalue weighted by Gasteiger charge is -2.26. The Kier molecular flexibility index (Phi) is 12.5. The number of aldehydes is 1. The van der Waals surface area contributed by atoms with E-state index in [1.54, 1.807) is 6.07 Å². The van der Waals surface area contributed by atoms with Crippen LogP contribution in [0.1, 0.15) is 76.8 Å². The highest BCUT2D eigenvalue weighted by Gasteiger charge is 2.34. The molecule has 0 saturated heterocycles. The van der Waals surface area contributed by atoms with E-state index >= 15 is 0 Å². The molecule has 2 aromatic carbocycles. The average Bonchev–Trinajstić information content (AvgIpc) is 3.43. The van der Waals surface area contributed by atoms with E-state index in [1.807, 2.05) is 45.2 Å². The summed E-state index contributed by atoms with van der Waals surface area (Å²) in [7, 11) is 2.05. The molecule has 2 aromatic rings. The van der Waals surface area contributed by atoms with Crippen molar-refractivity contribution in [1.82, 2.24) is 14.9 Å². The molecule has 9 heteroatoms. The summed E-state index contributed by atoms with van der Waals surface area (Å²) in [5.74, 6) is 0.975. The Hall–Kier alpha value is -2.88. The van der Waals surface area contributed by atoms with Gasteiger partial charge < -0.3 is 24.3 Å². The van der Waals surface area contributed by atoms with Gasteiger partial charge in [0.25, 0.3) is 0 Å². The van der Waals surface area contributed by atoms with Crippen LogP contribution < -0.4 is 10.0 Å². The summed E-state index contributed by atoms with van der Waals surface area (Å²) in [6.07, 6.45) is 7.70. The molecule has 3 rings (SSSR count). The molecule has 2 N–H and O–H groups in total. The first-order valence-electron chi connectivity index (χ1n) is 14.4. The van der Waals surface area contributed by atoms with Crippen LogP contribution >= 0.6 is 0 Å². The van der Waals surface area contributed by atoms with Gasteiger partial charge >= 0.3 is 6.03 Å². The topological polar surface area (TPSA) is 106 Å². The van der Waals surface area contributed by atoms with Gasteiger partial charge in [0.1, 0.15) is 29.0 Å². The number of amides is 2. The molecule has 0 bridgehead atoms. The van der Waals surface area contributed by atoms with E-state index in [-0.39, 0.29) is 0 Å². The van der Waals surface area contributed by atoms with Crippen molar-refractivity contribution in [1.29, 1.82) is 0 Å². The Morgan fingerprint density at radius 2 is 1.90 bits per heavy atom. The van der Waals surface area contributed by atoms with Gasteiger partial charge in [-0.15, -0.1) is 4.72 Å². The number of nitrogens with one attached hydrogen (secondary N) is 2. The average molecular weight is 569 g/mol. The molecule has 0 aromatic heterocycles. The zero-order valence-electron chi connectivity index (χ0n) is 24.3. The fraction of sp³-hybridized carbons (Fsp3) is 0.516. The minimum absolute atomic E-state index is 0.402. The van der Waals surface area contributed by atoms with Crippen molar-refractivity contribution in [2.45, 2.75) is 89.3 Å². The number of hydrogen-bond acceptors (Lipinski definition) is 5. The first-order valence-corrected chi connectivity index (χ1v) is 15.5. The molecule has 1 atom stereocenters. The number of rotatable bonds is 14. The highest BCUT2D eigenvalue weighted by atomic mass is 32.2. The van der Waals surface area contributed by atoms with Crippen LogP contribution in [0.2, 0.25) is 0 Å². The van der Waals surface area contributed by atoms with Gasteiger partial charge in [-0.25, -0.2) is 4.79 Å². The molecule has 1 fully saturated rings. The van der Waals surface area contributed by atoms with E-state index in [2.05, 4.69) is 34.0 Å². The van der Waals surface area contributed by atoms with Crippen molar-refractivity contribution in [2.24, 2.45) is 4.99 Å². The third-order valence-electron chi connectivity index (χ3n) is 7.19. The van der Waals surface area contributed by atoms with Crippen LogP contribution in [0.5, 0.6) is 0 Å². The third kappa shape index (κ3) is 8.56. The molecule has 1 aliphatic rings. The van der Waals surface area contributed by atoms with E-state index in [0.717, 1.165) is 79.3 Å². The maximum atomic E-state index is 13.1. The van der Waals surface area contributed by atoms with Gasteiger partial charge in [0.2, 0.25) is 0 Å². The van der Waals surface area contributed by atoms with Crippen molar-refractivity contribution in [3.63, 3.8) is 0 Å². The summed E-state index contributed by atoms with van der Waals surface area (Å²) in [6, 6.07) is 13.2. The second-order valence-corrected chi connectivity index (χ2v) is 11.5. The summed E-state index contributed by atoms with van der Waals surface area (Å²) in [4.78, 5) is 31.8. The first-order chi connectivity index (χ1) is 19.4. The number of ether oxygens (including phenoxy) is 1. The molecule has 8 nitrogen and oxygen atoms in total. The minimum Gasteiger partial charge on any atom is -0.588 e. The van der Waals surface area contributed by atoms with Crippen LogP contribution in [0.3, 0.4) is 0 Å². The molecular weight excluding hydrogens is 524 g/mol. The molecule has 218 valence electrons. The summed E-state index contributed by atoms with van der Waals surface area (Å²) < 4.78 is 21.4. The fourth-order valence-corrected chi connectivity index (χ4v) is 5.99. The molecular formula is C31H44N4O4S. The Morgan fingerprint density at radius 1 is 1.15 bits per heavy atom. The second-order valence-electron chi connectivity index (χ2n) is 10.3. The quantitative estimate of drug-likeness (QED) is 0.130. The van der Waals surface area contributed by atoms with E-state index < -0.39 is 22.9 Å². The molecule has 1 aliphatic carbocycles. The summed E-state index contributed by atoms with van der Waals surface area (Å²) >= 11 is -1.73. The Morgan fingerprint density at radius 3 is 2.58 bits per heavy atom. The number of carbonyl (C=O) groups excluding carboxylic acids is 2. The zero-order valence-corrected chi connectivity index (χ0v) is 25.1. The summed E-state index contributed by atoms with van der Waals surface area (Å²) in [5, 5.41) is 2.62. The molecule has 0 aliphatic heterocycles. The van der Waals surface area contributed by atoms with Gasteiger partial charge in [0.15, 0.2) is 4.90 Å². The number of benzene rings is 2. The van der Waals surface area contributed by atoms with Crippen molar-refractivity contribution in [3.8, 4) is 11.1 Å². The standard InChI is InChI=1S/C31H44N4O4S/c1-5-8-15-29(33-31(23-36)18-11-12-19-31)35(4)21-24-16-17-26(25(20-24)22-39-7-3)27-13-9-10-14-28(27)40(38)34-30(37)32-6-2/h9-10,13-14,16-17,20,23H,5-8,11-12,15,18-19,21-22H2,1-4H3,(H2,32,34,37)/b33-29-. The van der Waals surface area contributed by atoms with Crippen molar-refractivity contribution in [3.05, 3.63) is 53.6 Å². The molecule has 0 spiro atoms. The zero-order chi connectivity index (χ0) is 29.0. The molecule has 1 unspecified atom stereocenters. The number of aliphatic imine (C=N–C) groups is 1. The van der Waals surface area contributed by atoms with E-state index in [4.69, 9.17) is 9.73 Å². The van der Waals surface area contributed by atoms with Crippen molar-refractivity contribution >= 4 is 29.5 Å². The molecule has 0 heterocycles. The SMILES string of the molecule is CCCC/C(=N/C1(C=O)CCCC1)N(C)Cc1ccc(-c2ccccc2[S+]([O-])NC(=O)NCC)c(COCC)c1. The maximum Gasteiger partial charge on any atom is 0.356 e. The van der Waals surface area contributed by atoms with Crippen LogP contribution in [0, 0.1) is 0 Å². The lowest BCUT2D eigenvalue weighted by atomic mass is 9.97. The number of amidine groups is 1. The molecule has 40 heavy (non-hydrogen) atoms. The Bertz CT molecular complexity index is 1150. The number of nitrogens with zero attached hydrogens (tertiary/aromatic N) is 2. The van der Waals surface area contributed by atoms with Crippen LogP contribution in [0.15, 0.2) is 52.4 Å². The predicted molar refractivity (Wildman–Crippen MR) is 162 cm³/mol. The molecule has 0 radical (unpaired) electrons. The van der Waals surface area contributed by atoms with Gasteiger partial charge in [-0.1, -0.05) is 56.5 Å². The minimum atomic E-state index is -1.73. The largest absolute Gasteiger partial charge is 0.588 e. The van der Waals surface area contributed by atoms with Gasteiger partial charge in [0, 0.05) is 38.7 Å². The summed E-state index contributed by atoms with van der Waals surface area (Å²) in [6.45, 7) is 7.99. The van der Waals surface area contributed by atoms with Crippen LogP contribution in [0.25, 0.3) is 11.1 Å². The molecule has 2 amide bonds. The van der Waals surface area contributed by atoms with E-state index in [1.165, 1.54) is 0 Å². The monoisotopic (exact) mass is 568 g/mol. The number of unbranched alkanes of at least 4 members (excludes halogenated alkanes) is 1. The van der Waals surface area contributed by atoms with E-state index in [0.29, 0.717) is 31.2 Å². The molecule has 1 saturated carbocycles. The number of carbonyl (C=O) groups is 2. The van der Waals surface area contributed by atoms with Crippen LogP contribution in [-0.2, 0) is 34.0 Å². The van der Waals surface area contributed by atoms with E-state index in [9.17, 15) is 14.1 Å². The third-order valence-corrected chi connectivity index (χ3v) is 8.31. The lowest BCUT2D eigenvalue weighted by molar-refractivity contribution is -0.112. The first kappa shape index (κ1) is 31.6. The highest BCUT2D eigenvalue weighted by molar-refractivity contribution is 7.90. The summed E-state index contributed by atoms with van der Waals surface area (Å²) in [5.41, 5.74) is 3.18. The maximum absolute atomic E-state index is 13.1.